The number of aldehydes is 1. The van der Waals surface area contributed by atoms with E-state index in [-0.39, 0.29) is 0 Å². The Kier molecular flexibility index (Phi) is 2.34. The molecule has 1 fully saturated rings. The highest BCUT2D eigenvalue weighted by atomic mass is 19.1. The van der Waals surface area contributed by atoms with Gasteiger partial charge in [-0.1, -0.05) is 6.92 Å². The standard InChI is InChI=1S/C6H9FO3/c1-2-4-6(7)10-5(3-8)9-4/h3-6H,2H2,1H3. The Morgan fingerprint density at radius 2 is 2.30 bits per heavy atom. The van der Waals surface area contributed by atoms with Crippen molar-refractivity contribution in [2.45, 2.75) is 32.1 Å². The first-order chi connectivity index (χ1) is 4.77. The zero-order chi connectivity index (χ0) is 7.56. The molecule has 0 aromatic heterocycles. The molecule has 0 amide bonds. The van der Waals surface area contributed by atoms with Crippen LogP contribution in [0, 0.1) is 0 Å². The summed E-state index contributed by atoms with van der Waals surface area (Å²) in [4.78, 5) is 10.00. The molecule has 4 heteroatoms. The third-order valence-corrected chi connectivity index (χ3v) is 1.38. The van der Waals surface area contributed by atoms with Crippen LogP contribution < -0.4 is 0 Å². The number of halogens is 1. The van der Waals surface area contributed by atoms with Crippen LogP contribution in [0.15, 0.2) is 0 Å². The van der Waals surface area contributed by atoms with E-state index in [9.17, 15) is 9.18 Å². The topological polar surface area (TPSA) is 35.5 Å². The van der Waals surface area contributed by atoms with Gasteiger partial charge in [-0.05, 0) is 6.42 Å². The normalized spacial score (nSPS) is 40.0. The highest BCUT2D eigenvalue weighted by molar-refractivity contribution is 5.54. The molecule has 0 bridgehead atoms. The van der Waals surface area contributed by atoms with Crippen LogP contribution in [0.3, 0.4) is 0 Å². The molecule has 10 heavy (non-hydrogen) atoms. The van der Waals surface area contributed by atoms with Crippen LogP contribution in [0.2, 0.25) is 0 Å². The van der Waals surface area contributed by atoms with Crippen molar-refractivity contribution in [1.82, 2.24) is 0 Å². The van der Waals surface area contributed by atoms with E-state index >= 15 is 0 Å². The lowest BCUT2D eigenvalue weighted by Gasteiger charge is -2.04. The molecule has 1 heterocycles. The van der Waals surface area contributed by atoms with Crippen molar-refractivity contribution in [3.05, 3.63) is 0 Å². The van der Waals surface area contributed by atoms with E-state index in [0.29, 0.717) is 12.7 Å². The van der Waals surface area contributed by atoms with Crippen LogP contribution in [0.25, 0.3) is 0 Å². The Bertz CT molecular complexity index is 128. The van der Waals surface area contributed by atoms with Gasteiger partial charge < -0.3 is 9.47 Å². The van der Waals surface area contributed by atoms with Crippen molar-refractivity contribution in [1.29, 1.82) is 0 Å². The molecule has 3 nitrogen and oxygen atoms in total. The highest BCUT2D eigenvalue weighted by Crippen LogP contribution is 2.20. The molecule has 3 unspecified atom stereocenters. The lowest BCUT2D eigenvalue weighted by atomic mass is 10.3. The number of carbonyl (C=O) groups excluding carboxylic acids is 1. The monoisotopic (exact) mass is 148 g/mol. The van der Waals surface area contributed by atoms with Crippen LogP contribution in [0.5, 0.6) is 0 Å². The van der Waals surface area contributed by atoms with Gasteiger partial charge in [-0.25, -0.2) is 4.39 Å². The molecule has 1 rings (SSSR count). The van der Waals surface area contributed by atoms with Crippen LogP contribution in [0.1, 0.15) is 13.3 Å². The van der Waals surface area contributed by atoms with Gasteiger partial charge in [-0.3, -0.25) is 4.79 Å². The number of carbonyl (C=O) groups is 1. The molecule has 0 aromatic carbocycles. The molecule has 0 N–H and O–H groups in total. The molecular formula is C6H9FO3. The second-order valence-electron chi connectivity index (χ2n) is 2.07. The molecule has 0 spiro atoms. The first kappa shape index (κ1) is 7.63. The second-order valence-corrected chi connectivity index (χ2v) is 2.07. The lowest BCUT2D eigenvalue weighted by molar-refractivity contribution is -0.138. The number of alkyl halides is 1. The van der Waals surface area contributed by atoms with Gasteiger partial charge in [-0.15, -0.1) is 0 Å². The van der Waals surface area contributed by atoms with E-state index in [4.69, 9.17) is 4.74 Å². The van der Waals surface area contributed by atoms with Gasteiger partial charge in [0.1, 0.15) is 6.10 Å². The molecule has 58 valence electrons. The molecule has 1 aliphatic rings. The second kappa shape index (κ2) is 3.07. The van der Waals surface area contributed by atoms with Crippen molar-refractivity contribution in [2.75, 3.05) is 0 Å². The summed E-state index contributed by atoms with van der Waals surface area (Å²) >= 11 is 0. The summed E-state index contributed by atoms with van der Waals surface area (Å²) < 4.78 is 21.8. The maximum Gasteiger partial charge on any atom is 0.228 e. The fourth-order valence-corrected chi connectivity index (χ4v) is 0.828. The summed E-state index contributed by atoms with van der Waals surface area (Å²) in [5, 5.41) is 0. The molecule has 0 radical (unpaired) electrons. The largest absolute Gasteiger partial charge is 0.337 e. The van der Waals surface area contributed by atoms with E-state index in [0.717, 1.165) is 0 Å². The number of ether oxygens (including phenoxy) is 2. The maximum atomic E-state index is 12.5. The quantitative estimate of drug-likeness (QED) is 0.539. The summed E-state index contributed by atoms with van der Waals surface area (Å²) in [5.41, 5.74) is 0. The number of hydrogen-bond donors (Lipinski definition) is 0. The van der Waals surface area contributed by atoms with Crippen molar-refractivity contribution in [3.8, 4) is 0 Å². The third kappa shape index (κ3) is 1.33. The molecule has 0 saturated carbocycles. The lowest BCUT2D eigenvalue weighted by Crippen LogP contribution is -2.15. The SMILES string of the molecule is CCC1OC(C=O)OC1F. The summed E-state index contributed by atoms with van der Waals surface area (Å²) in [6.07, 6.45) is -2.05. The van der Waals surface area contributed by atoms with Gasteiger partial charge in [0.05, 0.1) is 0 Å². The molecule has 0 aromatic rings. The summed E-state index contributed by atoms with van der Waals surface area (Å²) in [6.45, 7) is 1.77. The molecule has 3 atom stereocenters. The first-order valence-electron chi connectivity index (χ1n) is 3.18. The summed E-state index contributed by atoms with van der Waals surface area (Å²) in [6, 6.07) is 0. The summed E-state index contributed by atoms with van der Waals surface area (Å²) in [5.74, 6) is 0. The Morgan fingerprint density at radius 1 is 1.60 bits per heavy atom. The average Bonchev–Trinajstić information content (AvgIpc) is 2.30. The number of hydrogen-bond acceptors (Lipinski definition) is 3. The van der Waals surface area contributed by atoms with Crippen LogP contribution in [0.4, 0.5) is 4.39 Å². The minimum Gasteiger partial charge on any atom is -0.337 e. The van der Waals surface area contributed by atoms with Crippen LogP contribution in [-0.4, -0.2) is 25.0 Å². The van der Waals surface area contributed by atoms with Crippen molar-refractivity contribution >= 4 is 6.29 Å². The fourth-order valence-electron chi connectivity index (χ4n) is 0.828. The molecule has 1 aliphatic heterocycles. The minimum atomic E-state index is -1.44. The van der Waals surface area contributed by atoms with Crippen molar-refractivity contribution < 1.29 is 18.7 Å². The average molecular weight is 148 g/mol. The number of rotatable bonds is 2. The predicted octanol–water partition coefficient (Wildman–Crippen LogP) is 0.632. The van der Waals surface area contributed by atoms with Gasteiger partial charge in [-0.2, -0.15) is 0 Å². The van der Waals surface area contributed by atoms with Crippen LogP contribution >= 0.6 is 0 Å². The molecular weight excluding hydrogens is 139 g/mol. The molecule has 1 saturated heterocycles. The highest BCUT2D eigenvalue weighted by Gasteiger charge is 2.34. The van der Waals surface area contributed by atoms with Crippen molar-refractivity contribution in [3.63, 3.8) is 0 Å². The Balaban J connectivity index is 2.43. The zero-order valence-electron chi connectivity index (χ0n) is 5.62. The maximum absolute atomic E-state index is 12.5. The Labute approximate surface area is 58.1 Å². The van der Waals surface area contributed by atoms with Gasteiger partial charge in [0.25, 0.3) is 0 Å². The van der Waals surface area contributed by atoms with E-state index in [2.05, 4.69) is 4.74 Å². The fraction of sp³-hybridized carbons (Fsp3) is 0.833. The third-order valence-electron chi connectivity index (χ3n) is 1.38. The van der Waals surface area contributed by atoms with Gasteiger partial charge >= 0.3 is 0 Å². The Morgan fingerprint density at radius 3 is 2.60 bits per heavy atom. The smallest absolute Gasteiger partial charge is 0.228 e. The van der Waals surface area contributed by atoms with Crippen LogP contribution in [-0.2, 0) is 14.3 Å². The van der Waals surface area contributed by atoms with E-state index in [1.165, 1.54) is 0 Å². The van der Waals surface area contributed by atoms with E-state index in [1.807, 2.05) is 0 Å². The molecule has 0 aliphatic carbocycles. The minimum absolute atomic E-state index is 0.447. The zero-order valence-corrected chi connectivity index (χ0v) is 5.62. The predicted molar refractivity (Wildman–Crippen MR) is 31.0 cm³/mol. The van der Waals surface area contributed by atoms with Gasteiger partial charge in [0.15, 0.2) is 6.29 Å². The van der Waals surface area contributed by atoms with Gasteiger partial charge in [0, 0.05) is 0 Å². The van der Waals surface area contributed by atoms with E-state index < -0.39 is 18.8 Å². The Hall–Kier alpha value is -0.480. The van der Waals surface area contributed by atoms with E-state index in [1.54, 1.807) is 6.92 Å². The first-order valence-corrected chi connectivity index (χ1v) is 3.18. The van der Waals surface area contributed by atoms with Crippen molar-refractivity contribution in [2.24, 2.45) is 0 Å². The van der Waals surface area contributed by atoms with Gasteiger partial charge in [0.2, 0.25) is 12.6 Å². The summed E-state index contributed by atoms with van der Waals surface area (Å²) in [7, 11) is 0.